The lowest BCUT2D eigenvalue weighted by atomic mass is 9.51. The van der Waals surface area contributed by atoms with E-state index in [1.165, 1.54) is 48.8 Å². The van der Waals surface area contributed by atoms with Crippen LogP contribution in [0.15, 0.2) is 12.1 Å². The van der Waals surface area contributed by atoms with Gasteiger partial charge in [-0.25, -0.2) is 0 Å². The lowest BCUT2D eigenvalue weighted by Gasteiger charge is -2.56. The highest BCUT2D eigenvalue weighted by atomic mass is 32.2. The first-order valence-electron chi connectivity index (χ1n) is 10.7. The van der Waals surface area contributed by atoms with Gasteiger partial charge in [0.05, 0.1) is 7.11 Å². The Morgan fingerprint density at radius 3 is 2.32 bits per heavy atom. The molecule has 3 rings (SSSR count). The van der Waals surface area contributed by atoms with Crippen molar-refractivity contribution in [1.82, 2.24) is 0 Å². The maximum atomic E-state index is 6.08. The van der Waals surface area contributed by atoms with E-state index < -0.39 is 0 Å². The van der Waals surface area contributed by atoms with Gasteiger partial charge in [-0.2, -0.15) is 24.4 Å². The molecule has 0 saturated heterocycles. The van der Waals surface area contributed by atoms with Gasteiger partial charge in [0, 0.05) is 21.6 Å². The van der Waals surface area contributed by atoms with Crippen molar-refractivity contribution in [3.05, 3.63) is 28.8 Å². The number of ether oxygens (including phenoxy) is 1. The molecule has 0 N–H and O–H groups in total. The van der Waals surface area contributed by atoms with E-state index in [9.17, 15) is 0 Å². The third kappa shape index (κ3) is 4.41. The Balaban J connectivity index is 2.12. The minimum absolute atomic E-state index is 0.142. The first kappa shape index (κ1) is 22.4. The highest BCUT2D eigenvalue weighted by molar-refractivity contribution is 7.97. The second kappa shape index (κ2) is 7.45. The number of thiol groups is 1. The SMILES string of the molecule is COc1c(CSC)cc(C(C)(C)C)cc1C1(C)CC2CC(C)(S)CC(C)(C2)C1. The molecule has 2 aliphatic carbocycles. The molecule has 3 heteroatoms. The fourth-order valence-electron chi connectivity index (χ4n) is 6.66. The van der Waals surface area contributed by atoms with Gasteiger partial charge in [0.1, 0.15) is 5.75 Å². The van der Waals surface area contributed by atoms with E-state index >= 15 is 0 Å². The average molecular weight is 421 g/mol. The average Bonchev–Trinajstić information content (AvgIpc) is 2.50. The fourth-order valence-corrected chi connectivity index (χ4v) is 7.83. The van der Waals surface area contributed by atoms with Crippen LogP contribution in [0.25, 0.3) is 0 Å². The molecule has 0 aliphatic heterocycles. The van der Waals surface area contributed by atoms with Crippen molar-refractivity contribution >= 4 is 24.4 Å². The summed E-state index contributed by atoms with van der Waals surface area (Å²) < 4.78 is 6.26. The van der Waals surface area contributed by atoms with Crippen LogP contribution in [0.5, 0.6) is 5.75 Å². The topological polar surface area (TPSA) is 9.23 Å². The molecule has 4 atom stereocenters. The maximum Gasteiger partial charge on any atom is 0.126 e. The zero-order valence-corrected chi connectivity index (χ0v) is 20.9. The number of hydrogen-bond acceptors (Lipinski definition) is 3. The summed E-state index contributed by atoms with van der Waals surface area (Å²) in [5, 5.41) is 0. The molecule has 2 bridgehead atoms. The minimum atomic E-state index is 0.142. The van der Waals surface area contributed by atoms with Gasteiger partial charge in [-0.05, 0) is 66.1 Å². The summed E-state index contributed by atoms with van der Waals surface area (Å²) in [5.74, 6) is 2.90. The maximum absolute atomic E-state index is 6.08. The third-order valence-electron chi connectivity index (χ3n) is 7.06. The predicted molar refractivity (Wildman–Crippen MR) is 128 cm³/mol. The molecule has 2 saturated carbocycles. The number of thioether (sulfide) groups is 1. The van der Waals surface area contributed by atoms with E-state index in [-0.39, 0.29) is 15.6 Å². The van der Waals surface area contributed by atoms with Crippen LogP contribution in [-0.2, 0) is 16.6 Å². The van der Waals surface area contributed by atoms with E-state index in [0.29, 0.717) is 5.41 Å². The third-order valence-corrected chi connectivity index (χ3v) is 8.00. The van der Waals surface area contributed by atoms with Crippen LogP contribution in [-0.4, -0.2) is 18.1 Å². The zero-order chi connectivity index (χ0) is 21.0. The molecule has 1 aromatic carbocycles. The van der Waals surface area contributed by atoms with Gasteiger partial charge in [-0.3, -0.25) is 0 Å². The van der Waals surface area contributed by atoms with Crippen LogP contribution in [0.4, 0.5) is 0 Å². The van der Waals surface area contributed by atoms with Gasteiger partial charge in [-0.1, -0.05) is 53.7 Å². The molecule has 2 fully saturated rings. The van der Waals surface area contributed by atoms with E-state index in [4.69, 9.17) is 17.4 Å². The number of rotatable bonds is 4. The standard InChI is InChI=1S/C25H40OS2/c1-22(2,3)19-9-18(14-28-8)21(26-7)20(10-19)24(5)12-17-11-23(4,15-24)16-25(6,27)13-17/h9-10,17,27H,11-16H2,1-8H3. The van der Waals surface area contributed by atoms with Crippen LogP contribution in [0.3, 0.4) is 0 Å². The van der Waals surface area contributed by atoms with Crippen LogP contribution in [0.1, 0.15) is 90.3 Å². The van der Waals surface area contributed by atoms with Crippen molar-refractivity contribution in [2.45, 2.75) is 95.0 Å². The molecule has 28 heavy (non-hydrogen) atoms. The summed E-state index contributed by atoms with van der Waals surface area (Å²) in [6, 6.07) is 4.87. The number of benzene rings is 1. The Morgan fingerprint density at radius 2 is 1.79 bits per heavy atom. The van der Waals surface area contributed by atoms with Crippen molar-refractivity contribution in [2.24, 2.45) is 11.3 Å². The van der Waals surface area contributed by atoms with Gasteiger partial charge < -0.3 is 4.74 Å². The van der Waals surface area contributed by atoms with Gasteiger partial charge in [0.2, 0.25) is 0 Å². The lowest BCUT2D eigenvalue weighted by Crippen LogP contribution is -2.48. The Bertz CT molecular complexity index is 731. The minimum Gasteiger partial charge on any atom is -0.496 e. The lowest BCUT2D eigenvalue weighted by molar-refractivity contribution is 0.0267. The Morgan fingerprint density at radius 1 is 1.11 bits per heavy atom. The van der Waals surface area contributed by atoms with Crippen LogP contribution in [0.2, 0.25) is 0 Å². The Hall–Kier alpha value is -0.280. The molecule has 0 spiro atoms. The highest BCUT2D eigenvalue weighted by Crippen LogP contribution is 2.61. The molecule has 4 unspecified atom stereocenters. The molecule has 0 amide bonds. The normalized spacial score (nSPS) is 35.7. The summed E-state index contributed by atoms with van der Waals surface area (Å²) >= 11 is 6.92. The van der Waals surface area contributed by atoms with Crippen molar-refractivity contribution < 1.29 is 4.74 Å². The molecule has 2 aliphatic rings. The molecule has 0 heterocycles. The van der Waals surface area contributed by atoms with Gasteiger partial charge >= 0.3 is 0 Å². The van der Waals surface area contributed by atoms with E-state index in [1.54, 1.807) is 0 Å². The molecular formula is C25H40OS2. The van der Waals surface area contributed by atoms with Crippen LogP contribution >= 0.6 is 24.4 Å². The quantitative estimate of drug-likeness (QED) is 0.508. The monoisotopic (exact) mass is 420 g/mol. The van der Waals surface area contributed by atoms with E-state index in [2.05, 4.69) is 59.9 Å². The summed E-state index contributed by atoms with van der Waals surface area (Å²) in [4.78, 5) is 0. The van der Waals surface area contributed by atoms with Crippen molar-refractivity contribution in [3.8, 4) is 5.75 Å². The summed E-state index contributed by atoms with van der Waals surface area (Å²) in [6.07, 6.45) is 8.48. The second-order valence-corrected chi connectivity index (χ2v) is 13.5. The molecular weight excluding hydrogens is 380 g/mol. The van der Waals surface area contributed by atoms with Gasteiger partial charge in [-0.15, -0.1) is 0 Å². The predicted octanol–water partition coefficient (Wildman–Crippen LogP) is 7.40. The number of fused-ring (bicyclic) bond motifs is 2. The fraction of sp³-hybridized carbons (Fsp3) is 0.760. The number of hydrogen-bond donors (Lipinski definition) is 1. The largest absolute Gasteiger partial charge is 0.496 e. The zero-order valence-electron chi connectivity index (χ0n) is 19.2. The molecule has 1 nitrogen and oxygen atoms in total. The Kier molecular flexibility index (Phi) is 5.96. The van der Waals surface area contributed by atoms with E-state index in [1.807, 2.05) is 18.9 Å². The second-order valence-electron chi connectivity index (χ2n) is 11.6. The van der Waals surface area contributed by atoms with Gasteiger partial charge in [0.25, 0.3) is 0 Å². The van der Waals surface area contributed by atoms with Crippen molar-refractivity contribution in [2.75, 3.05) is 13.4 Å². The Labute approximate surface area is 183 Å². The molecule has 0 aromatic heterocycles. The smallest absolute Gasteiger partial charge is 0.126 e. The summed E-state index contributed by atoms with van der Waals surface area (Å²) in [6.45, 7) is 14.3. The van der Waals surface area contributed by atoms with Crippen LogP contribution in [0, 0.1) is 11.3 Å². The molecule has 158 valence electrons. The highest BCUT2D eigenvalue weighted by Gasteiger charge is 2.52. The van der Waals surface area contributed by atoms with Crippen molar-refractivity contribution in [3.63, 3.8) is 0 Å². The molecule has 0 radical (unpaired) electrons. The summed E-state index contributed by atoms with van der Waals surface area (Å²) in [5.41, 5.74) is 4.93. The molecule has 1 aromatic rings. The first-order chi connectivity index (χ1) is 12.8. The van der Waals surface area contributed by atoms with Crippen molar-refractivity contribution in [1.29, 1.82) is 0 Å². The van der Waals surface area contributed by atoms with E-state index in [0.717, 1.165) is 17.4 Å². The first-order valence-corrected chi connectivity index (χ1v) is 12.6. The van der Waals surface area contributed by atoms with Gasteiger partial charge in [0.15, 0.2) is 0 Å². The number of methoxy groups -OCH3 is 1. The van der Waals surface area contributed by atoms with Crippen LogP contribution < -0.4 is 4.74 Å². The summed E-state index contributed by atoms with van der Waals surface area (Å²) in [7, 11) is 1.86.